The van der Waals surface area contributed by atoms with Crippen molar-refractivity contribution in [3.8, 4) is 0 Å². The minimum absolute atomic E-state index is 0.431. The normalized spacial score (nSPS) is 14.3. The Balaban J connectivity index is 4.09. The summed E-state index contributed by atoms with van der Waals surface area (Å²) in [7, 11) is -3.05. The first-order valence-electron chi connectivity index (χ1n) is 5.18. The van der Waals surface area contributed by atoms with E-state index >= 15 is 0 Å². The molecule has 0 saturated carbocycles. The summed E-state index contributed by atoms with van der Waals surface area (Å²) in [5, 5.41) is 9.89. The van der Waals surface area contributed by atoms with E-state index in [0.29, 0.717) is 12.8 Å². The first kappa shape index (κ1) is 14.1. The van der Waals surface area contributed by atoms with Gasteiger partial charge in [-0.05, 0) is 12.8 Å². The van der Waals surface area contributed by atoms with Crippen LogP contribution in [0.25, 0.3) is 0 Å². The fourth-order valence-electron chi connectivity index (χ4n) is 1.30. The molecule has 0 aromatic heterocycles. The van der Waals surface area contributed by atoms with Gasteiger partial charge in [0.1, 0.15) is 0 Å². The van der Waals surface area contributed by atoms with Gasteiger partial charge < -0.3 is 10.00 Å². The molecule has 86 valence electrons. The van der Waals surface area contributed by atoms with Crippen LogP contribution >= 0.6 is 8.25 Å². The molecule has 0 aliphatic heterocycles. The van der Waals surface area contributed by atoms with Crippen LogP contribution in [-0.2, 0) is 9.09 Å². The quantitative estimate of drug-likeness (QED) is 0.491. The molecule has 14 heavy (non-hydrogen) atoms. The van der Waals surface area contributed by atoms with E-state index in [-0.39, 0.29) is 0 Å². The number of hydrogen-bond acceptors (Lipinski definition) is 3. The van der Waals surface area contributed by atoms with Gasteiger partial charge in [-0.3, -0.25) is 9.09 Å². The van der Waals surface area contributed by atoms with Gasteiger partial charge in [0.2, 0.25) is 0 Å². The van der Waals surface area contributed by atoms with Gasteiger partial charge in [-0.15, -0.1) is 0 Å². The minimum Gasteiger partial charge on any atom is -0.365 e. The molecule has 0 aromatic rings. The second kappa shape index (κ2) is 7.41. The molecule has 1 unspecified atom stereocenters. The van der Waals surface area contributed by atoms with Crippen LogP contribution in [0.3, 0.4) is 0 Å². The van der Waals surface area contributed by atoms with E-state index in [1.54, 1.807) is 0 Å². The highest BCUT2D eigenvalue weighted by Gasteiger charge is 2.28. The molecule has 0 spiro atoms. The van der Waals surface area contributed by atoms with Crippen LogP contribution < -0.4 is 0 Å². The van der Waals surface area contributed by atoms with Crippen LogP contribution in [0.2, 0.25) is 0 Å². The van der Waals surface area contributed by atoms with Gasteiger partial charge in [0.05, 0.1) is 0 Å². The maximum absolute atomic E-state index is 10.5. The summed E-state index contributed by atoms with van der Waals surface area (Å²) < 4.78 is 15.2. The SMILES string of the molecule is CCCCC(O)(CCCC)O[PH](=O)O. The van der Waals surface area contributed by atoms with Gasteiger partial charge in [-0.25, -0.2) is 0 Å². The number of hydrogen-bond donors (Lipinski definition) is 2. The van der Waals surface area contributed by atoms with E-state index in [9.17, 15) is 9.67 Å². The van der Waals surface area contributed by atoms with Crippen molar-refractivity contribution in [3.63, 3.8) is 0 Å². The molecule has 0 amide bonds. The Morgan fingerprint density at radius 1 is 1.21 bits per heavy atom. The molecular weight excluding hydrogens is 203 g/mol. The third-order valence-electron chi connectivity index (χ3n) is 2.12. The topological polar surface area (TPSA) is 66.8 Å². The predicted molar refractivity (Wildman–Crippen MR) is 56.3 cm³/mol. The Morgan fingerprint density at radius 3 is 1.93 bits per heavy atom. The summed E-state index contributed by atoms with van der Waals surface area (Å²) in [6, 6.07) is 0. The van der Waals surface area contributed by atoms with Crippen molar-refractivity contribution in [2.24, 2.45) is 0 Å². The molecule has 2 N–H and O–H groups in total. The Labute approximate surface area is 86.2 Å². The Bertz CT molecular complexity index is 164. The maximum atomic E-state index is 10.5. The zero-order valence-electron chi connectivity index (χ0n) is 8.95. The highest BCUT2D eigenvalue weighted by molar-refractivity contribution is 7.32. The van der Waals surface area contributed by atoms with E-state index in [4.69, 9.17) is 9.42 Å². The number of aliphatic hydroxyl groups is 1. The standard InChI is InChI=1S/C9H21O4P/c1-3-5-7-9(10,8-6-4-2)13-14(11)12/h10,14H,3-8H2,1-2H3,(H,11,12). The molecule has 0 fully saturated rings. The fraction of sp³-hybridized carbons (Fsp3) is 1.00. The highest BCUT2D eigenvalue weighted by atomic mass is 31.1. The van der Waals surface area contributed by atoms with Crippen LogP contribution in [0.15, 0.2) is 0 Å². The lowest BCUT2D eigenvalue weighted by molar-refractivity contribution is -0.150. The van der Waals surface area contributed by atoms with Crippen LogP contribution in [-0.4, -0.2) is 15.8 Å². The fourth-order valence-corrected chi connectivity index (χ4v) is 1.82. The third-order valence-corrected chi connectivity index (χ3v) is 2.67. The molecule has 0 rings (SSSR count). The van der Waals surface area contributed by atoms with Gasteiger partial charge in [0, 0.05) is 12.8 Å². The van der Waals surface area contributed by atoms with Gasteiger partial charge in [-0.2, -0.15) is 0 Å². The summed E-state index contributed by atoms with van der Waals surface area (Å²) in [6.45, 7) is 4.00. The van der Waals surface area contributed by atoms with E-state index in [1.807, 2.05) is 13.8 Å². The maximum Gasteiger partial charge on any atom is 0.319 e. The van der Waals surface area contributed by atoms with E-state index < -0.39 is 14.0 Å². The number of rotatable bonds is 8. The van der Waals surface area contributed by atoms with Crippen LogP contribution in [0, 0.1) is 0 Å². The summed E-state index contributed by atoms with van der Waals surface area (Å²) in [5.74, 6) is -1.39. The smallest absolute Gasteiger partial charge is 0.319 e. The molecule has 0 saturated heterocycles. The van der Waals surface area contributed by atoms with Gasteiger partial charge in [0.25, 0.3) is 0 Å². The van der Waals surface area contributed by atoms with Crippen molar-refractivity contribution < 1.29 is 19.1 Å². The second-order valence-electron chi connectivity index (χ2n) is 3.52. The summed E-state index contributed by atoms with van der Waals surface area (Å²) in [5.41, 5.74) is 0. The average Bonchev–Trinajstić information content (AvgIpc) is 2.11. The minimum atomic E-state index is -3.05. The Kier molecular flexibility index (Phi) is 7.47. The molecule has 0 radical (unpaired) electrons. The molecule has 5 heteroatoms. The van der Waals surface area contributed by atoms with E-state index in [2.05, 4.69) is 0 Å². The average molecular weight is 224 g/mol. The lowest BCUT2D eigenvalue weighted by Crippen LogP contribution is -2.29. The summed E-state index contributed by atoms with van der Waals surface area (Å²) in [6.07, 6.45) is 4.33. The Hall–Kier alpha value is 0.110. The van der Waals surface area contributed by atoms with Crippen molar-refractivity contribution in [2.45, 2.75) is 58.2 Å². The lowest BCUT2D eigenvalue weighted by Gasteiger charge is -2.26. The molecule has 0 aromatic carbocycles. The third kappa shape index (κ3) is 6.55. The second-order valence-corrected chi connectivity index (χ2v) is 4.26. The molecule has 0 bridgehead atoms. The Morgan fingerprint density at radius 2 is 1.64 bits per heavy atom. The van der Waals surface area contributed by atoms with Crippen molar-refractivity contribution in [2.75, 3.05) is 0 Å². The van der Waals surface area contributed by atoms with Crippen LogP contribution in [0.1, 0.15) is 52.4 Å². The number of unbranched alkanes of at least 4 members (excludes halogenated alkanes) is 2. The molecule has 1 atom stereocenters. The molecule has 0 aliphatic rings. The molecule has 4 nitrogen and oxygen atoms in total. The van der Waals surface area contributed by atoms with E-state index in [1.165, 1.54) is 0 Å². The highest BCUT2D eigenvalue weighted by Crippen LogP contribution is 2.32. The van der Waals surface area contributed by atoms with Crippen LogP contribution in [0.4, 0.5) is 0 Å². The monoisotopic (exact) mass is 224 g/mol. The largest absolute Gasteiger partial charge is 0.365 e. The molecule has 0 heterocycles. The van der Waals surface area contributed by atoms with Crippen LogP contribution in [0.5, 0.6) is 0 Å². The van der Waals surface area contributed by atoms with Crippen molar-refractivity contribution in [1.82, 2.24) is 0 Å². The molecular formula is C9H21O4P. The van der Waals surface area contributed by atoms with Gasteiger partial charge in [-0.1, -0.05) is 26.7 Å². The first-order valence-corrected chi connectivity index (χ1v) is 6.44. The van der Waals surface area contributed by atoms with Crippen molar-refractivity contribution >= 4 is 8.25 Å². The molecule has 0 aliphatic carbocycles. The van der Waals surface area contributed by atoms with Crippen molar-refractivity contribution in [3.05, 3.63) is 0 Å². The predicted octanol–water partition coefficient (Wildman–Crippen LogP) is 2.45. The zero-order valence-corrected chi connectivity index (χ0v) is 9.95. The zero-order chi connectivity index (χ0) is 11.0. The summed E-state index contributed by atoms with van der Waals surface area (Å²) in [4.78, 5) is 8.65. The van der Waals surface area contributed by atoms with Crippen molar-refractivity contribution in [1.29, 1.82) is 0 Å². The summed E-state index contributed by atoms with van der Waals surface area (Å²) >= 11 is 0. The van der Waals surface area contributed by atoms with Gasteiger partial charge in [0.15, 0.2) is 5.79 Å². The van der Waals surface area contributed by atoms with E-state index in [0.717, 1.165) is 25.7 Å². The van der Waals surface area contributed by atoms with Gasteiger partial charge >= 0.3 is 8.25 Å². The first-order chi connectivity index (χ1) is 6.54. The lowest BCUT2D eigenvalue weighted by atomic mass is 10.0.